The summed E-state index contributed by atoms with van der Waals surface area (Å²) in [6, 6.07) is 11.7. The van der Waals surface area contributed by atoms with Gasteiger partial charge in [0.1, 0.15) is 18.1 Å². The highest BCUT2D eigenvalue weighted by Gasteiger charge is 2.50. The maximum Gasteiger partial charge on any atom is 0.264 e. The highest BCUT2D eigenvalue weighted by atomic mass is 35.5. The van der Waals surface area contributed by atoms with E-state index in [0.717, 1.165) is 0 Å². The van der Waals surface area contributed by atoms with Crippen molar-refractivity contribution in [2.45, 2.75) is 18.9 Å². The van der Waals surface area contributed by atoms with Crippen molar-refractivity contribution in [2.24, 2.45) is 0 Å². The number of aliphatic hydroxyl groups is 1. The van der Waals surface area contributed by atoms with Crippen LogP contribution in [0.25, 0.3) is 0 Å². The van der Waals surface area contributed by atoms with E-state index in [0.29, 0.717) is 27.0 Å². The average Bonchev–Trinajstić information content (AvgIpc) is 2.77. The number of ether oxygens (including phenoxy) is 1. The third-order valence-electron chi connectivity index (χ3n) is 4.20. The van der Waals surface area contributed by atoms with Crippen molar-refractivity contribution in [3.8, 4) is 5.75 Å². The molecule has 1 aliphatic rings. The largest absolute Gasteiger partial charge is 0.492 e. The molecule has 2 aromatic carbocycles. The Hall–Kier alpha value is -2.08. The SMILES string of the molecule is CC(=O)C[C@]1(O)C(=O)N(CCOc2ccc(Cl)cc2)c2ccc(Cl)cc21. The Labute approximate surface area is 161 Å². The summed E-state index contributed by atoms with van der Waals surface area (Å²) in [5.74, 6) is -0.216. The van der Waals surface area contributed by atoms with Crippen molar-refractivity contribution in [3.05, 3.63) is 58.1 Å². The first kappa shape index (κ1) is 18.7. The maximum atomic E-state index is 12.8. The first-order valence-corrected chi connectivity index (χ1v) is 8.79. The Morgan fingerprint density at radius 3 is 2.46 bits per heavy atom. The normalized spacial score (nSPS) is 18.8. The number of anilines is 1. The fourth-order valence-corrected chi connectivity index (χ4v) is 3.36. The van der Waals surface area contributed by atoms with Crippen LogP contribution >= 0.6 is 23.2 Å². The second-order valence-corrected chi connectivity index (χ2v) is 7.03. The summed E-state index contributed by atoms with van der Waals surface area (Å²) in [7, 11) is 0. The Balaban J connectivity index is 1.80. The molecule has 0 radical (unpaired) electrons. The molecule has 0 saturated heterocycles. The van der Waals surface area contributed by atoms with Gasteiger partial charge in [-0.25, -0.2) is 0 Å². The number of fused-ring (bicyclic) bond motifs is 1. The van der Waals surface area contributed by atoms with Crippen molar-refractivity contribution in [2.75, 3.05) is 18.1 Å². The molecular formula is C19H17Cl2NO4. The lowest BCUT2D eigenvalue weighted by Gasteiger charge is -2.22. The lowest BCUT2D eigenvalue weighted by atomic mass is 9.90. The van der Waals surface area contributed by atoms with E-state index in [4.69, 9.17) is 27.9 Å². The summed E-state index contributed by atoms with van der Waals surface area (Å²) in [4.78, 5) is 25.8. The van der Waals surface area contributed by atoms with Crippen LogP contribution in [0, 0.1) is 0 Å². The number of Topliss-reactive ketones (excluding diaryl/α,β-unsaturated/α-hetero) is 1. The highest BCUT2D eigenvalue weighted by Crippen LogP contribution is 2.43. The maximum absolute atomic E-state index is 12.8. The first-order chi connectivity index (χ1) is 12.3. The minimum absolute atomic E-state index is 0.214. The Morgan fingerprint density at radius 2 is 1.81 bits per heavy atom. The molecule has 1 aliphatic heterocycles. The second-order valence-electron chi connectivity index (χ2n) is 6.16. The van der Waals surface area contributed by atoms with E-state index >= 15 is 0 Å². The van der Waals surface area contributed by atoms with E-state index in [1.807, 2.05) is 0 Å². The van der Waals surface area contributed by atoms with Gasteiger partial charge in [-0.2, -0.15) is 0 Å². The number of amides is 1. The molecule has 26 heavy (non-hydrogen) atoms. The minimum atomic E-state index is -1.90. The van der Waals surface area contributed by atoms with Crippen molar-refractivity contribution >= 4 is 40.6 Å². The molecule has 3 rings (SSSR count). The summed E-state index contributed by atoms with van der Waals surface area (Å²) in [5, 5.41) is 11.9. The van der Waals surface area contributed by atoms with E-state index in [-0.39, 0.29) is 25.4 Å². The van der Waals surface area contributed by atoms with Gasteiger partial charge in [-0.3, -0.25) is 9.59 Å². The van der Waals surface area contributed by atoms with Gasteiger partial charge in [0.25, 0.3) is 5.91 Å². The van der Waals surface area contributed by atoms with Crippen molar-refractivity contribution < 1.29 is 19.4 Å². The van der Waals surface area contributed by atoms with Crippen LogP contribution in [-0.4, -0.2) is 29.9 Å². The van der Waals surface area contributed by atoms with Crippen LogP contribution in [0.1, 0.15) is 18.9 Å². The molecule has 0 aliphatic carbocycles. The zero-order chi connectivity index (χ0) is 18.9. The third-order valence-corrected chi connectivity index (χ3v) is 4.68. The standard InChI is InChI=1S/C19H17Cl2NO4/c1-12(23)11-19(25)16-10-14(21)4-7-17(16)22(18(19)24)8-9-26-15-5-2-13(20)3-6-15/h2-7,10,25H,8-9,11H2,1H3/t19-/m1/s1. The van der Waals surface area contributed by atoms with E-state index < -0.39 is 11.5 Å². The highest BCUT2D eigenvalue weighted by molar-refractivity contribution is 6.31. The van der Waals surface area contributed by atoms with Crippen molar-refractivity contribution in [1.29, 1.82) is 0 Å². The van der Waals surface area contributed by atoms with Gasteiger partial charge in [-0.05, 0) is 49.4 Å². The molecule has 1 heterocycles. The fourth-order valence-electron chi connectivity index (χ4n) is 3.06. The van der Waals surface area contributed by atoms with Crippen LogP contribution in [0.5, 0.6) is 5.75 Å². The van der Waals surface area contributed by atoms with E-state index in [1.165, 1.54) is 17.9 Å². The number of hydrogen-bond acceptors (Lipinski definition) is 4. The van der Waals surface area contributed by atoms with Gasteiger partial charge < -0.3 is 14.7 Å². The Bertz CT molecular complexity index is 853. The number of ketones is 1. The quantitative estimate of drug-likeness (QED) is 0.814. The van der Waals surface area contributed by atoms with E-state index in [2.05, 4.69) is 0 Å². The number of carbonyl (C=O) groups excluding carboxylic acids is 2. The number of rotatable bonds is 6. The van der Waals surface area contributed by atoms with E-state index in [1.54, 1.807) is 36.4 Å². The molecule has 0 aromatic heterocycles. The van der Waals surface area contributed by atoms with Crippen molar-refractivity contribution in [1.82, 2.24) is 0 Å². The summed E-state index contributed by atoms with van der Waals surface area (Å²) in [5.41, 5.74) is -1.02. The first-order valence-electron chi connectivity index (χ1n) is 8.03. The molecule has 0 spiro atoms. The lowest BCUT2D eigenvalue weighted by molar-refractivity contribution is -0.141. The number of nitrogens with zero attached hydrogens (tertiary/aromatic N) is 1. The molecule has 0 saturated carbocycles. The molecular weight excluding hydrogens is 377 g/mol. The molecule has 1 atom stereocenters. The summed E-state index contributed by atoms with van der Waals surface area (Å²) >= 11 is 11.9. The Morgan fingerprint density at radius 1 is 1.15 bits per heavy atom. The summed E-state index contributed by atoms with van der Waals surface area (Å²) in [6.45, 7) is 1.77. The molecule has 0 fully saturated rings. The fraction of sp³-hybridized carbons (Fsp3) is 0.263. The molecule has 2 aromatic rings. The van der Waals surface area contributed by atoms with Gasteiger partial charge in [0.15, 0.2) is 5.60 Å². The molecule has 0 bridgehead atoms. The van der Waals surface area contributed by atoms with Gasteiger partial charge in [-0.1, -0.05) is 23.2 Å². The monoisotopic (exact) mass is 393 g/mol. The zero-order valence-corrected chi connectivity index (χ0v) is 15.5. The van der Waals surface area contributed by atoms with Crippen molar-refractivity contribution in [3.63, 3.8) is 0 Å². The lowest BCUT2D eigenvalue weighted by Crippen LogP contribution is -2.43. The predicted molar refractivity (Wildman–Crippen MR) is 99.9 cm³/mol. The zero-order valence-electron chi connectivity index (χ0n) is 14.0. The molecule has 7 heteroatoms. The van der Waals surface area contributed by atoms with Gasteiger partial charge >= 0.3 is 0 Å². The number of hydrogen-bond donors (Lipinski definition) is 1. The van der Waals surface area contributed by atoms with Crippen LogP contribution in [0.3, 0.4) is 0 Å². The molecule has 5 nitrogen and oxygen atoms in total. The average molecular weight is 394 g/mol. The van der Waals surface area contributed by atoms with Gasteiger partial charge in [-0.15, -0.1) is 0 Å². The topological polar surface area (TPSA) is 66.8 Å². The number of benzene rings is 2. The van der Waals surface area contributed by atoms with Gasteiger partial charge in [0.2, 0.25) is 0 Å². The number of carbonyl (C=O) groups is 2. The molecule has 1 amide bonds. The van der Waals surface area contributed by atoms with E-state index in [9.17, 15) is 14.7 Å². The molecule has 0 unspecified atom stereocenters. The minimum Gasteiger partial charge on any atom is -0.492 e. The third kappa shape index (κ3) is 3.56. The predicted octanol–water partition coefficient (Wildman–Crippen LogP) is 3.59. The number of halogens is 2. The van der Waals surface area contributed by atoms with Crippen LogP contribution in [-0.2, 0) is 15.2 Å². The molecule has 1 N–H and O–H groups in total. The Kier molecular flexibility index (Phi) is 5.23. The summed E-state index contributed by atoms with van der Waals surface area (Å²) < 4.78 is 5.63. The van der Waals surface area contributed by atoms with Gasteiger partial charge in [0, 0.05) is 22.0 Å². The van der Waals surface area contributed by atoms with Crippen LogP contribution in [0.15, 0.2) is 42.5 Å². The summed E-state index contributed by atoms with van der Waals surface area (Å²) in [6.07, 6.45) is -0.298. The second kappa shape index (κ2) is 7.27. The molecule has 136 valence electrons. The van der Waals surface area contributed by atoms with Crippen LogP contribution in [0.2, 0.25) is 10.0 Å². The van der Waals surface area contributed by atoms with Crippen LogP contribution < -0.4 is 9.64 Å². The smallest absolute Gasteiger partial charge is 0.264 e. The van der Waals surface area contributed by atoms with Gasteiger partial charge in [0.05, 0.1) is 12.2 Å². The van der Waals surface area contributed by atoms with Crippen LogP contribution in [0.4, 0.5) is 5.69 Å².